The highest BCUT2D eigenvalue weighted by atomic mass is 32.1. The fourth-order valence-corrected chi connectivity index (χ4v) is 2.58. The van der Waals surface area contributed by atoms with E-state index in [0.717, 1.165) is 11.3 Å². The van der Waals surface area contributed by atoms with Gasteiger partial charge in [0.15, 0.2) is 5.01 Å². The van der Waals surface area contributed by atoms with Crippen LogP contribution in [0, 0.1) is 0 Å². The molecule has 1 aliphatic rings. The van der Waals surface area contributed by atoms with Gasteiger partial charge in [0.05, 0.1) is 0 Å². The van der Waals surface area contributed by atoms with Gasteiger partial charge < -0.3 is 5.32 Å². The molecule has 2 rings (SSSR count). The summed E-state index contributed by atoms with van der Waals surface area (Å²) in [7, 11) is 0. The molecule has 1 N–H and O–H groups in total. The summed E-state index contributed by atoms with van der Waals surface area (Å²) >= 11 is 0.748. The molecule has 2 atom stereocenters. The van der Waals surface area contributed by atoms with Gasteiger partial charge in [0.25, 0.3) is 0 Å². The molecule has 2 nitrogen and oxygen atoms in total. The van der Waals surface area contributed by atoms with Gasteiger partial charge in [-0.25, -0.2) is 4.98 Å². The second-order valence-electron chi connectivity index (χ2n) is 4.58. The first-order valence-corrected chi connectivity index (χ1v) is 6.48. The van der Waals surface area contributed by atoms with Crippen molar-refractivity contribution < 1.29 is 13.2 Å². The summed E-state index contributed by atoms with van der Waals surface area (Å²) in [6, 6.07) is 0.742. The van der Waals surface area contributed by atoms with Gasteiger partial charge in [-0.1, -0.05) is 6.92 Å². The number of nitrogens with zero attached hydrogens (tertiary/aromatic N) is 1. The van der Waals surface area contributed by atoms with Gasteiger partial charge >= 0.3 is 6.18 Å². The van der Waals surface area contributed by atoms with Crippen molar-refractivity contribution in [3.63, 3.8) is 0 Å². The summed E-state index contributed by atoms with van der Waals surface area (Å²) in [4.78, 5) is 4.14. The van der Waals surface area contributed by atoms with Crippen LogP contribution in [0.15, 0.2) is 6.20 Å². The molecular formula is C11H15F3N2S. The summed E-state index contributed by atoms with van der Waals surface area (Å²) < 4.78 is 37.3. The van der Waals surface area contributed by atoms with Crippen LogP contribution in [0.3, 0.4) is 0 Å². The van der Waals surface area contributed by atoms with E-state index in [1.165, 1.54) is 19.0 Å². The average Bonchev–Trinajstić information content (AvgIpc) is 2.89. The molecule has 0 spiro atoms. The van der Waals surface area contributed by atoms with Crippen LogP contribution in [0.4, 0.5) is 13.2 Å². The SMILES string of the molecule is CC(NC1CC1)C(C)c1cnc(C(F)(F)F)s1. The van der Waals surface area contributed by atoms with Gasteiger partial charge in [-0.15, -0.1) is 11.3 Å². The highest BCUT2D eigenvalue weighted by Gasteiger charge is 2.35. The number of halogens is 3. The first-order valence-electron chi connectivity index (χ1n) is 5.67. The number of hydrogen-bond acceptors (Lipinski definition) is 3. The van der Waals surface area contributed by atoms with E-state index in [4.69, 9.17) is 0 Å². The van der Waals surface area contributed by atoms with E-state index in [1.807, 2.05) is 13.8 Å². The molecule has 6 heteroatoms. The third kappa shape index (κ3) is 3.19. The Hall–Kier alpha value is -0.620. The Morgan fingerprint density at radius 3 is 2.53 bits per heavy atom. The van der Waals surface area contributed by atoms with Crippen LogP contribution in [0.2, 0.25) is 0 Å². The Kier molecular flexibility index (Phi) is 3.45. The van der Waals surface area contributed by atoms with Gasteiger partial charge in [0, 0.05) is 29.1 Å². The van der Waals surface area contributed by atoms with Crippen LogP contribution < -0.4 is 5.32 Å². The summed E-state index contributed by atoms with van der Waals surface area (Å²) in [5, 5.41) is 2.65. The molecule has 0 bridgehead atoms. The maximum absolute atomic E-state index is 12.4. The lowest BCUT2D eigenvalue weighted by molar-refractivity contribution is -0.137. The molecule has 1 aromatic heterocycles. The van der Waals surface area contributed by atoms with E-state index in [-0.39, 0.29) is 12.0 Å². The number of thiazole rings is 1. The minimum absolute atomic E-state index is 0.0594. The van der Waals surface area contributed by atoms with Crippen LogP contribution in [0.1, 0.15) is 42.5 Å². The van der Waals surface area contributed by atoms with Crippen molar-refractivity contribution in [2.24, 2.45) is 0 Å². The number of nitrogens with one attached hydrogen (secondary N) is 1. The van der Waals surface area contributed by atoms with Crippen LogP contribution in [-0.2, 0) is 6.18 Å². The van der Waals surface area contributed by atoms with Gasteiger partial charge in [0.2, 0.25) is 0 Å². The molecule has 1 saturated carbocycles. The average molecular weight is 264 g/mol. The molecule has 2 unspecified atom stereocenters. The van der Waals surface area contributed by atoms with E-state index < -0.39 is 11.2 Å². The van der Waals surface area contributed by atoms with Crippen LogP contribution in [0.25, 0.3) is 0 Å². The Bertz CT molecular complexity index is 384. The Morgan fingerprint density at radius 1 is 1.41 bits per heavy atom. The molecule has 0 radical (unpaired) electrons. The zero-order chi connectivity index (χ0) is 12.6. The van der Waals surface area contributed by atoms with Crippen molar-refractivity contribution in [2.75, 3.05) is 0 Å². The molecule has 1 fully saturated rings. The molecule has 0 saturated heterocycles. The van der Waals surface area contributed by atoms with E-state index in [1.54, 1.807) is 0 Å². The highest BCUT2D eigenvalue weighted by molar-refractivity contribution is 7.11. The largest absolute Gasteiger partial charge is 0.443 e. The Balaban J connectivity index is 2.02. The lowest BCUT2D eigenvalue weighted by atomic mass is 10.0. The molecule has 0 amide bonds. The Labute approximate surface area is 102 Å². The molecule has 0 aromatic carbocycles. The van der Waals surface area contributed by atoms with Gasteiger partial charge in [-0.05, 0) is 19.8 Å². The summed E-state index contributed by atoms with van der Waals surface area (Å²) in [5.41, 5.74) is 0. The molecule has 1 aliphatic carbocycles. The van der Waals surface area contributed by atoms with Crippen molar-refractivity contribution in [3.8, 4) is 0 Å². The second-order valence-corrected chi connectivity index (χ2v) is 5.65. The monoisotopic (exact) mass is 264 g/mol. The molecular weight excluding hydrogens is 249 g/mol. The first kappa shape index (κ1) is 12.8. The van der Waals surface area contributed by atoms with Gasteiger partial charge in [0.1, 0.15) is 0 Å². The minimum atomic E-state index is -4.32. The molecule has 17 heavy (non-hydrogen) atoms. The van der Waals surface area contributed by atoms with Crippen LogP contribution in [-0.4, -0.2) is 17.1 Å². The number of aromatic nitrogens is 1. The summed E-state index contributed by atoms with van der Waals surface area (Å²) in [5.74, 6) is 0.0594. The van der Waals surface area contributed by atoms with E-state index >= 15 is 0 Å². The maximum atomic E-state index is 12.4. The predicted octanol–water partition coefficient (Wildman–Crippen LogP) is 3.41. The minimum Gasteiger partial charge on any atom is -0.311 e. The fraction of sp³-hybridized carbons (Fsp3) is 0.727. The van der Waals surface area contributed by atoms with Crippen molar-refractivity contribution in [3.05, 3.63) is 16.1 Å². The zero-order valence-corrected chi connectivity index (χ0v) is 10.5. The molecule has 96 valence electrons. The molecule has 1 heterocycles. The second kappa shape index (κ2) is 4.57. The molecule has 1 aromatic rings. The number of hydrogen-bond donors (Lipinski definition) is 1. The third-order valence-corrected chi connectivity index (χ3v) is 4.28. The topological polar surface area (TPSA) is 24.9 Å². The number of rotatable bonds is 4. The highest BCUT2D eigenvalue weighted by Crippen LogP contribution is 2.36. The van der Waals surface area contributed by atoms with Crippen molar-refractivity contribution in [1.82, 2.24) is 10.3 Å². The van der Waals surface area contributed by atoms with Crippen LogP contribution in [0.5, 0.6) is 0 Å². The first-order chi connectivity index (χ1) is 7.88. The van der Waals surface area contributed by atoms with Crippen LogP contribution >= 0.6 is 11.3 Å². The lowest BCUT2D eigenvalue weighted by Gasteiger charge is -2.19. The smallest absolute Gasteiger partial charge is 0.311 e. The normalized spacial score (nSPS) is 20.3. The maximum Gasteiger partial charge on any atom is 0.443 e. The van der Waals surface area contributed by atoms with E-state index in [0.29, 0.717) is 10.9 Å². The van der Waals surface area contributed by atoms with Gasteiger partial charge in [-0.3, -0.25) is 0 Å². The Morgan fingerprint density at radius 2 is 2.06 bits per heavy atom. The lowest BCUT2D eigenvalue weighted by Crippen LogP contribution is -2.32. The predicted molar refractivity (Wildman–Crippen MR) is 61.2 cm³/mol. The zero-order valence-electron chi connectivity index (χ0n) is 9.71. The molecule has 0 aliphatic heterocycles. The van der Waals surface area contributed by atoms with E-state index in [2.05, 4.69) is 10.3 Å². The summed E-state index contributed by atoms with van der Waals surface area (Å²) in [6.45, 7) is 3.95. The standard InChI is InChI=1S/C11H15F3N2S/c1-6(7(2)16-8-3-4-8)9-5-15-10(17-9)11(12,13)14/h5-8,16H,3-4H2,1-2H3. The summed E-state index contributed by atoms with van der Waals surface area (Å²) in [6.07, 6.45) is -0.625. The van der Waals surface area contributed by atoms with Crippen molar-refractivity contribution in [2.45, 2.75) is 50.9 Å². The van der Waals surface area contributed by atoms with Gasteiger partial charge in [-0.2, -0.15) is 13.2 Å². The van der Waals surface area contributed by atoms with Crippen molar-refractivity contribution in [1.29, 1.82) is 0 Å². The van der Waals surface area contributed by atoms with Crippen molar-refractivity contribution >= 4 is 11.3 Å². The fourth-order valence-electron chi connectivity index (χ4n) is 1.64. The van der Waals surface area contributed by atoms with E-state index in [9.17, 15) is 13.2 Å². The number of alkyl halides is 3. The third-order valence-electron chi connectivity index (χ3n) is 3.04. The quantitative estimate of drug-likeness (QED) is 0.901.